The number of anilines is 2. The summed E-state index contributed by atoms with van der Waals surface area (Å²) in [6.07, 6.45) is 4.55. The molecule has 1 amide bonds. The minimum Gasteiger partial charge on any atom is -0.396 e. The number of nitrogens with one attached hydrogen (secondary N) is 1. The SMILES string of the molecule is CSc1c(NC(C)(C)C2CC2)sc(C(=O)N(C)C)c1N. The van der Waals surface area contributed by atoms with Gasteiger partial charge in [-0.15, -0.1) is 23.1 Å². The van der Waals surface area contributed by atoms with Gasteiger partial charge in [0.05, 0.1) is 10.6 Å². The number of amides is 1. The second kappa shape index (κ2) is 5.48. The van der Waals surface area contributed by atoms with E-state index >= 15 is 0 Å². The van der Waals surface area contributed by atoms with E-state index in [1.807, 2.05) is 6.26 Å². The Morgan fingerprint density at radius 1 is 1.45 bits per heavy atom. The van der Waals surface area contributed by atoms with Crippen molar-refractivity contribution < 1.29 is 4.79 Å². The normalized spacial score (nSPS) is 15.2. The largest absolute Gasteiger partial charge is 0.396 e. The Labute approximate surface area is 129 Å². The van der Waals surface area contributed by atoms with E-state index in [4.69, 9.17) is 5.73 Å². The second-order valence-corrected chi connectivity index (χ2v) is 7.86. The monoisotopic (exact) mass is 313 g/mol. The van der Waals surface area contributed by atoms with Crippen LogP contribution in [0.3, 0.4) is 0 Å². The Morgan fingerprint density at radius 3 is 2.50 bits per heavy atom. The number of nitrogen functional groups attached to an aromatic ring is 1. The van der Waals surface area contributed by atoms with Crippen LogP contribution in [0.15, 0.2) is 4.90 Å². The molecule has 1 aromatic rings. The van der Waals surface area contributed by atoms with Gasteiger partial charge in [0.1, 0.15) is 9.88 Å². The van der Waals surface area contributed by atoms with Gasteiger partial charge in [-0.1, -0.05) is 0 Å². The average molecular weight is 313 g/mol. The Balaban J connectivity index is 2.33. The van der Waals surface area contributed by atoms with E-state index in [1.54, 1.807) is 30.8 Å². The van der Waals surface area contributed by atoms with Crippen LogP contribution in [-0.2, 0) is 0 Å². The summed E-state index contributed by atoms with van der Waals surface area (Å²) in [7, 11) is 3.50. The van der Waals surface area contributed by atoms with Gasteiger partial charge in [0.25, 0.3) is 5.91 Å². The first-order valence-corrected chi connectivity index (χ1v) is 8.78. The van der Waals surface area contributed by atoms with E-state index in [-0.39, 0.29) is 11.4 Å². The van der Waals surface area contributed by atoms with Crippen LogP contribution < -0.4 is 11.1 Å². The number of carbonyl (C=O) groups is 1. The van der Waals surface area contributed by atoms with E-state index in [0.29, 0.717) is 16.5 Å². The summed E-state index contributed by atoms with van der Waals surface area (Å²) in [6, 6.07) is 0. The molecule has 1 aliphatic carbocycles. The summed E-state index contributed by atoms with van der Waals surface area (Å²) >= 11 is 3.07. The van der Waals surface area contributed by atoms with Gasteiger partial charge in [-0.3, -0.25) is 4.79 Å². The van der Waals surface area contributed by atoms with Crippen molar-refractivity contribution in [1.82, 2.24) is 4.90 Å². The summed E-state index contributed by atoms with van der Waals surface area (Å²) in [4.78, 5) is 15.4. The molecule has 0 atom stereocenters. The number of nitrogens with zero attached hydrogens (tertiary/aromatic N) is 1. The van der Waals surface area contributed by atoms with Crippen molar-refractivity contribution in [3.05, 3.63) is 4.88 Å². The standard InChI is InChI=1S/C14H23N3OS2/c1-14(2,8-6-7-8)16-12-10(19-5)9(15)11(20-12)13(18)17(3)4/h8,16H,6-7,15H2,1-5H3. The third-order valence-electron chi connectivity index (χ3n) is 3.74. The lowest BCUT2D eigenvalue weighted by Crippen LogP contribution is -2.33. The number of hydrogen-bond acceptors (Lipinski definition) is 5. The molecule has 0 saturated heterocycles. The van der Waals surface area contributed by atoms with Crippen molar-refractivity contribution in [3.63, 3.8) is 0 Å². The molecule has 0 aliphatic heterocycles. The van der Waals surface area contributed by atoms with Crippen molar-refractivity contribution in [1.29, 1.82) is 0 Å². The smallest absolute Gasteiger partial charge is 0.265 e. The number of thioether (sulfide) groups is 1. The maximum atomic E-state index is 12.2. The van der Waals surface area contributed by atoms with Gasteiger partial charge in [-0.2, -0.15) is 0 Å². The molecular formula is C14H23N3OS2. The molecule has 2 rings (SSSR count). The minimum atomic E-state index is -0.0277. The predicted octanol–water partition coefficient (Wildman–Crippen LogP) is 3.35. The molecule has 1 heterocycles. The summed E-state index contributed by atoms with van der Waals surface area (Å²) in [5, 5.41) is 4.63. The van der Waals surface area contributed by atoms with Crippen LogP contribution in [0.5, 0.6) is 0 Å². The summed E-state index contributed by atoms with van der Waals surface area (Å²) in [5.74, 6) is 0.689. The molecule has 6 heteroatoms. The predicted molar refractivity (Wildman–Crippen MR) is 89.0 cm³/mol. The fourth-order valence-electron chi connectivity index (χ4n) is 2.28. The van der Waals surface area contributed by atoms with Gasteiger partial charge >= 0.3 is 0 Å². The molecule has 1 aliphatic rings. The van der Waals surface area contributed by atoms with Gasteiger partial charge < -0.3 is 16.0 Å². The molecule has 1 fully saturated rings. The lowest BCUT2D eigenvalue weighted by atomic mass is 9.99. The van der Waals surface area contributed by atoms with Crippen molar-refractivity contribution in [2.75, 3.05) is 31.4 Å². The topological polar surface area (TPSA) is 58.4 Å². The Bertz CT molecular complexity index is 519. The van der Waals surface area contributed by atoms with Crippen LogP contribution in [-0.4, -0.2) is 36.7 Å². The number of nitrogens with two attached hydrogens (primary N) is 1. The molecule has 3 N–H and O–H groups in total. The Morgan fingerprint density at radius 2 is 2.05 bits per heavy atom. The highest BCUT2D eigenvalue weighted by molar-refractivity contribution is 7.99. The minimum absolute atomic E-state index is 0.0277. The third-order valence-corrected chi connectivity index (χ3v) is 5.81. The molecule has 4 nitrogen and oxygen atoms in total. The van der Waals surface area contributed by atoms with Crippen LogP contribution in [0.25, 0.3) is 0 Å². The van der Waals surface area contributed by atoms with Crippen LogP contribution in [0.1, 0.15) is 36.4 Å². The molecule has 20 heavy (non-hydrogen) atoms. The zero-order valence-corrected chi connectivity index (χ0v) is 14.4. The third kappa shape index (κ3) is 2.91. The van der Waals surface area contributed by atoms with Gasteiger partial charge in [-0.05, 0) is 38.9 Å². The number of rotatable bonds is 5. The maximum Gasteiger partial charge on any atom is 0.265 e. The van der Waals surface area contributed by atoms with E-state index < -0.39 is 0 Å². The van der Waals surface area contributed by atoms with Crippen LogP contribution in [0.4, 0.5) is 10.7 Å². The highest BCUT2D eigenvalue weighted by Crippen LogP contribution is 2.47. The van der Waals surface area contributed by atoms with Gasteiger partial charge in [0, 0.05) is 19.6 Å². The summed E-state index contributed by atoms with van der Waals surface area (Å²) in [6.45, 7) is 4.44. The lowest BCUT2D eigenvalue weighted by Gasteiger charge is -2.27. The highest BCUT2D eigenvalue weighted by Gasteiger charge is 2.38. The van der Waals surface area contributed by atoms with Crippen LogP contribution in [0.2, 0.25) is 0 Å². The molecule has 0 unspecified atom stereocenters. The van der Waals surface area contributed by atoms with E-state index in [2.05, 4.69) is 19.2 Å². The maximum absolute atomic E-state index is 12.2. The first-order chi connectivity index (χ1) is 9.27. The van der Waals surface area contributed by atoms with Crippen molar-refractivity contribution in [2.24, 2.45) is 5.92 Å². The fourth-order valence-corrected chi connectivity index (χ4v) is 4.48. The van der Waals surface area contributed by atoms with Gasteiger partial charge in [0.15, 0.2) is 0 Å². The first kappa shape index (κ1) is 15.5. The van der Waals surface area contributed by atoms with Crippen molar-refractivity contribution in [2.45, 2.75) is 37.1 Å². The van der Waals surface area contributed by atoms with E-state index in [9.17, 15) is 4.79 Å². The zero-order valence-electron chi connectivity index (χ0n) is 12.7. The molecule has 112 valence electrons. The molecule has 0 bridgehead atoms. The average Bonchev–Trinajstić information content (AvgIpc) is 3.15. The molecular weight excluding hydrogens is 290 g/mol. The number of thiophene rings is 1. The van der Waals surface area contributed by atoms with E-state index in [1.165, 1.54) is 24.2 Å². The first-order valence-electron chi connectivity index (χ1n) is 6.74. The summed E-state index contributed by atoms with van der Waals surface area (Å²) < 4.78 is 0. The lowest BCUT2D eigenvalue weighted by molar-refractivity contribution is 0.0833. The fraction of sp³-hybridized carbons (Fsp3) is 0.643. The molecule has 0 spiro atoms. The van der Waals surface area contributed by atoms with Crippen molar-refractivity contribution in [3.8, 4) is 0 Å². The highest BCUT2D eigenvalue weighted by atomic mass is 32.2. The molecule has 0 radical (unpaired) electrons. The van der Waals surface area contributed by atoms with Crippen LogP contribution >= 0.6 is 23.1 Å². The molecule has 1 aromatic heterocycles. The van der Waals surface area contributed by atoms with Crippen LogP contribution in [0, 0.1) is 5.92 Å². The zero-order chi connectivity index (χ0) is 15.1. The Hall–Kier alpha value is -0.880. The number of carbonyl (C=O) groups excluding carboxylic acids is 1. The number of hydrogen-bond donors (Lipinski definition) is 2. The van der Waals surface area contributed by atoms with Gasteiger partial charge in [-0.25, -0.2) is 0 Å². The van der Waals surface area contributed by atoms with Gasteiger partial charge in [0.2, 0.25) is 0 Å². The van der Waals surface area contributed by atoms with E-state index in [0.717, 1.165) is 9.90 Å². The molecule has 0 aromatic carbocycles. The quantitative estimate of drug-likeness (QED) is 0.819. The summed E-state index contributed by atoms with van der Waals surface area (Å²) in [5.41, 5.74) is 6.83. The second-order valence-electron chi connectivity index (χ2n) is 6.03. The Kier molecular flexibility index (Phi) is 4.25. The molecule has 1 saturated carbocycles. The van der Waals surface area contributed by atoms with Crippen molar-refractivity contribution >= 4 is 39.7 Å².